The van der Waals surface area contributed by atoms with Crippen molar-refractivity contribution in [3.63, 3.8) is 0 Å². The third-order valence-electron chi connectivity index (χ3n) is 3.05. The van der Waals surface area contributed by atoms with Crippen LogP contribution in [0.1, 0.15) is 42.7 Å². The van der Waals surface area contributed by atoms with Crippen molar-refractivity contribution in [2.24, 2.45) is 0 Å². The SMILES string of the molecule is CNC(c1ccc(C(C)C)cc1)c1ccco1. The highest BCUT2D eigenvalue weighted by Crippen LogP contribution is 2.24. The van der Waals surface area contributed by atoms with Gasteiger partial charge in [-0.3, -0.25) is 0 Å². The minimum atomic E-state index is 0.131. The van der Waals surface area contributed by atoms with Gasteiger partial charge in [0.2, 0.25) is 0 Å². The average Bonchev–Trinajstić information content (AvgIpc) is 2.84. The minimum Gasteiger partial charge on any atom is -0.467 e. The lowest BCUT2D eigenvalue weighted by Crippen LogP contribution is -2.16. The van der Waals surface area contributed by atoms with Gasteiger partial charge in [0.1, 0.15) is 5.76 Å². The Kier molecular flexibility index (Phi) is 3.64. The molecule has 0 fully saturated rings. The molecule has 2 rings (SSSR count). The second-order valence-corrected chi connectivity index (χ2v) is 4.56. The van der Waals surface area contributed by atoms with E-state index in [1.54, 1.807) is 6.26 Å². The molecule has 1 atom stereocenters. The van der Waals surface area contributed by atoms with Crippen LogP contribution >= 0.6 is 0 Å². The normalized spacial score (nSPS) is 12.9. The molecule has 0 radical (unpaired) electrons. The van der Waals surface area contributed by atoms with Crippen LogP contribution in [-0.2, 0) is 0 Å². The Bertz CT molecular complexity index is 442. The molecule has 1 heterocycles. The first-order chi connectivity index (χ1) is 8.22. The summed E-state index contributed by atoms with van der Waals surface area (Å²) < 4.78 is 5.46. The summed E-state index contributed by atoms with van der Waals surface area (Å²) in [6.45, 7) is 4.41. The third kappa shape index (κ3) is 2.59. The van der Waals surface area contributed by atoms with Gasteiger partial charge in [0.05, 0.1) is 12.3 Å². The van der Waals surface area contributed by atoms with Crippen molar-refractivity contribution in [3.05, 3.63) is 59.5 Å². The van der Waals surface area contributed by atoms with Gasteiger partial charge in [-0.15, -0.1) is 0 Å². The van der Waals surface area contributed by atoms with Gasteiger partial charge < -0.3 is 9.73 Å². The lowest BCUT2D eigenvalue weighted by Gasteiger charge is -2.15. The van der Waals surface area contributed by atoms with Crippen LogP contribution in [0.5, 0.6) is 0 Å². The second kappa shape index (κ2) is 5.19. The van der Waals surface area contributed by atoms with Crippen LogP contribution in [0.3, 0.4) is 0 Å². The van der Waals surface area contributed by atoms with Crippen molar-refractivity contribution >= 4 is 0 Å². The number of hydrogen-bond donors (Lipinski definition) is 1. The highest BCUT2D eigenvalue weighted by atomic mass is 16.3. The first-order valence-electron chi connectivity index (χ1n) is 6.03. The molecule has 90 valence electrons. The minimum absolute atomic E-state index is 0.131. The van der Waals surface area contributed by atoms with Gasteiger partial charge in [-0.1, -0.05) is 38.1 Å². The summed E-state index contributed by atoms with van der Waals surface area (Å²) >= 11 is 0. The molecule has 2 aromatic rings. The first-order valence-corrected chi connectivity index (χ1v) is 6.03. The van der Waals surface area contributed by atoms with E-state index in [4.69, 9.17) is 4.42 Å². The summed E-state index contributed by atoms with van der Waals surface area (Å²) in [7, 11) is 1.95. The molecule has 0 bridgehead atoms. The van der Waals surface area contributed by atoms with Crippen molar-refractivity contribution in [3.8, 4) is 0 Å². The summed E-state index contributed by atoms with van der Waals surface area (Å²) in [6, 6.07) is 12.8. The summed E-state index contributed by atoms with van der Waals surface area (Å²) in [4.78, 5) is 0. The largest absolute Gasteiger partial charge is 0.467 e. The van der Waals surface area contributed by atoms with Gasteiger partial charge in [-0.2, -0.15) is 0 Å². The quantitative estimate of drug-likeness (QED) is 0.864. The number of hydrogen-bond acceptors (Lipinski definition) is 2. The fourth-order valence-electron chi connectivity index (χ4n) is 2.00. The van der Waals surface area contributed by atoms with Gasteiger partial charge in [-0.25, -0.2) is 0 Å². The summed E-state index contributed by atoms with van der Waals surface area (Å²) in [5.74, 6) is 1.52. The van der Waals surface area contributed by atoms with E-state index in [-0.39, 0.29) is 6.04 Å². The lowest BCUT2D eigenvalue weighted by molar-refractivity contribution is 0.463. The molecule has 2 heteroatoms. The van der Waals surface area contributed by atoms with E-state index >= 15 is 0 Å². The maximum atomic E-state index is 5.46. The third-order valence-corrected chi connectivity index (χ3v) is 3.05. The zero-order valence-electron chi connectivity index (χ0n) is 10.6. The average molecular weight is 229 g/mol. The number of nitrogens with one attached hydrogen (secondary N) is 1. The molecular weight excluding hydrogens is 210 g/mol. The Morgan fingerprint density at radius 3 is 2.12 bits per heavy atom. The molecule has 0 aliphatic rings. The molecular formula is C15H19NO. The van der Waals surface area contributed by atoms with Gasteiger partial charge in [0.15, 0.2) is 0 Å². The number of rotatable bonds is 4. The van der Waals surface area contributed by atoms with Gasteiger partial charge >= 0.3 is 0 Å². The Hall–Kier alpha value is -1.54. The molecule has 17 heavy (non-hydrogen) atoms. The fraction of sp³-hybridized carbons (Fsp3) is 0.333. The molecule has 0 aliphatic carbocycles. The topological polar surface area (TPSA) is 25.2 Å². The molecule has 0 aliphatic heterocycles. The molecule has 1 unspecified atom stereocenters. The van der Waals surface area contributed by atoms with E-state index in [0.29, 0.717) is 5.92 Å². The molecule has 0 saturated carbocycles. The van der Waals surface area contributed by atoms with Crippen LogP contribution in [-0.4, -0.2) is 7.05 Å². The Labute approximate surface area is 103 Å². The van der Waals surface area contributed by atoms with E-state index in [2.05, 4.69) is 43.4 Å². The van der Waals surface area contributed by atoms with Crippen LogP contribution in [0.25, 0.3) is 0 Å². The van der Waals surface area contributed by atoms with Gasteiger partial charge in [-0.05, 0) is 36.2 Å². The van der Waals surface area contributed by atoms with Crippen LogP contribution in [0.4, 0.5) is 0 Å². The highest BCUT2D eigenvalue weighted by molar-refractivity contribution is 5.30. The van der Waals surface area contributed by atoms with Crippen molar-refractivity contribution in [1.29, 1.82) is 0 Å². The smallest absolute Gasteiger partial charge is 0.125 e. The second-order valence-electron chi connectivity index (χ2n) is 4.56. The Morgan fingerprint density at radius 2 is 1.65 bits per heavy atom. The van der Waals surface area contributed by atoms with Crippen LogP contribution in [0.2, 0.25) is 0 Å². The predicted octanol–water partition coefficient (Wildman–Crippen LogP) is 3.71. The van der Waals surface area contributed by atoms with Crippen molar-refractivity contribution in [1.82, 2.24) is 5.32 Å². The fourth-order valence-corrected chi connectivity index (χ4v) is 2.00. The van der Waals surface area contributed by atoms with Crippen molar-refractivity contribution in [2.45, 2.75) is 25.8 Å². The maximum Gasteiger partial charge on any atom is 0.125 e. The Balaban J connectivity index is 2.26. The molecule has 1 aromatic heterocycles. The number of furan rings is 1. The molecule has 1 aromatic carbocycles. The molecule has 2 nitrogen and oxygen atoms in total. The van der Waals surface area contributed by atoms with E-state index in [1.807, 2.05) is 19.2 Å². The molecule has 1 N–H and O–H groups in total. The number of benzene rings is 1. The first kappa shape index (κ1) is 11.9. The van der Waals surface area contributed by atoms with Crippen LogP contribution < -0.4 is 5.32 Å². The van der Waals surface area contributed by atoms with Crippen LogP contribution in [0, 0.1) is 0 Å². The standard InChI is InChI=1S/C15H19NO/c1-11(2)12-6-8-13(9-7-12)15(16-3)14-5-4-10-17-14/h4-11,15-16H,1-3H3. The zero-order valence-corrected chi connectivity index (χ0v) is 10.6. The van der Waals surface area contributed by atoms with E-state index in [1.165, 1.54) is 11.1 Å². The summed E-state index contributed by atoms with van der Waals surface area (Å²) in [5, 5.41) is 3.28. The predicted molar refractivity (Wildman–Crippen MR) is 70.1 cm³/mol. The van der Waals surface area contributed by atoms with E-state index < -0.39 is 0 Å². The van der Waals surface area contributed by atoms with Gasteiger partial charge in [0.25, 0.3) is 0 Å². The highest BCUT2D eigenvalue weighted by Gasteiger charge is 2.14. The van der Waals surface area contributed by atoms with E-state index in [0.717, 1.165) is 5.76 Å². The monoisotopic (exact) mass is 229 g/mol. The summed E-state index contributed by atoms with van der Waals surface area (Å²) in [6.07, 6.45) is 1.71. The lowest BCUT2D eigenvalue weighted by atomic mass is 9.98. The Morgan fingerprint density at radius 1 is 1.00 bits per heavy atom. The zero-order chi connectivity index (χ0) is 12.3. The molecule has 0 saturated heterocycles. The molecule has 0 amide bonds. The maximum absolute atomic E-state index is 5.46. The van der Waals surface area contributed by atoms with E-state index in [9.17, 15) is 0 Å². The van der Waals surface area contributed by atoms with Crippen LogP contribution in [0.15, 0.2) is 47.1 Å². The van der Waals surface area contributed by atoms with Gasteiger partial charge in [0, 0.05) is 0 Å². The summed E-state index contributed by atoms with van der Waals surface area (Å²) in [5.41, 5.74) is 2.59. The van der Waals surface area contributed by atoms with Crippen molar-refractivity contribution < 1.29 is 4.42 Å². The van der Waals surface area contributed by atoms with Crippen molar-refractivity contribution in [2.75, 3.05) is 7.05 Å². The molecule has 0 spiro atoms.